The Morgan fingerprint density at radius 1 is 1.00 bits per heavy atom. The van der Waals surface area contributed by atoms with Gasteiger partial charge in [-0.15, -0.1) is 0 Å². The van der Waals surface area contributed by atoms with Crippen molar-refractivity contribution >= 4 is 11.0 Å². The Hall–Kier alpha value is -2.09. The highest BCUT2D eigenvalue weighted by molar-refractivity contribution is 5.76. The molecule has 0 aliphatic carbocycles. The van der Waals surface area contributed by atoms with E-state index >= 15 is 0 Å². The smallest absolute Gasteiger partial charge is 0.0955 e. The van der Waals surface area contributed by atoms with Crippen LogP contribution in [0.1, 0.15) is 11.1 Å². The van der Waals surface area contributed by atoms with Gasteiger partial charge < -0.3 is 4.57 Å². The summed E-state index contributed by atoms with van der Waals surface area (Å²) in [5.41, 5.74) is 4.92. The molecule has 0 radical (unpaired) electrons. The fraction of sp³-hybridized carbons (Fsp3) is 0.133. The predicted octanol–water partition coefficient (Wildman–Crippen LogP) is 3.16. The highest BCUT2D eigenvalue weighted by atomic mass is 15.0. The molecule has 0 saturated carbocycles. The van der Waals surface area contributed by atoms with Crippen molar-refractivity contribution in [2.24, 2.45) is 7.05 Å². The third kappa shape index (κ3) is 1.94. The van der Waals surface area contributed by atoms with E-state index in [4.69, 9.17) is 0 Å². The Labute approximate surface area is 101 Å². The lowest BCUT2D eigenvalue weighted by Gasteiger charge is -2.02. The van der Waals surface area contributed by atoms with Crippen LogP contribution in [0, 0.1) is 0 Å². The molecule has 2 aromatic carbocycles. The molecule has 0 fully saturated rings. The SMILES string of the molecule is Cn1cnc2ccc(Cc3ccccc3)cc21. The van der Waals surface area contributed by atoms with E-state index in [9.17, 15) is 0 Å². The van der Waals surface area contributed by atoms with Gasteiger partial charge >= 0.3 is 0 Å². The number of hydrogen-bond acceptors (Lipinski definition) is 1. The number of benzene rings is 2. The van der Waals surface area contributed by atoms with Crippen molar-refractivity contribution in [3.05, 3.63) is 66.0 Å². The lowest BCUT2D eigenvalue weighted by Crippen LogP contribution is -1.89. The van der Waals surface area contributed by atoms with E-state index < -0.39 is 0 Å². The molecule has 1 aromatic heterocycles. The van der Waals surface area contributed by atoms with Gasteiger partial charge in [0.2, 0.25) is 0 Å². The van der Waals surface area contributed by atoms with Gasteiger partial charge in [0.25, 0.3) is 0 Å². The van der Waals surface area contributed by atoms with Crippen LogP contribution < -0.4 is 0 Å². The number of nitrogens with zero attached hydrogens (tertiary/aromatic N) is 2. The van der Waals surface area contributed by atoms with E-state index in [0.717, 1.165) is 11.9 Å². The molecule has 1 heterocycles. The second-order valence-corrected chi connectivity index (χ2v) is 4.34. The second-order valence-electron chi connectivity index (χ2n) is 4.34. The molecular weight excluding hydrogens is 208 g/mol. The normalized spacial score (nSPS) is 10.9. The van der Waals surface area contributed by atoms with Gasteiger partial charge in [-0.3, -0.25) is 0 Å². The summed E-state index contributed by atoms with van der Waals surface area (Å²) in [6.45, 7) is 0. The molecule has 2 nitrogen and oxygen atoms in total. The van der Waals surface area contributed by atoms with Crippen LogP contribution in [-0.2, 0) is 13.5 Å². The molecule has 0 bridgehead atoms. The van der Waals surface area contributed by atoms with Crippen molar-refractivity contribution in [3.63, 3.8) is 0 Å². The fourth-order valence-electron chi connectivity index (χ4n) is 2.11. The first kappa shape index (κ1) is 10.1. The summed E-state index contributed by atoms with van der Waals surface area (Å²) in [6, 6.07) is 17.0. The third-order valence-corrected chi connectivity index (χ3v) is 3.04. The van der Waals surface area contributed by atoms with Crippen molar-refractivity contribution < 1.29 is 0 Å². The van der Waals surface area contributed by atoms with Crippen molar-refractivity contribution in [1.29, 1.82) is 0 Å². The van der Waals surface area contributed by atoms with Crippen LogP contribution in [0.3, 0.4) is 0 Å². The highest BCUT2D eigenvalue weighted by Crippen LogP contribution is 2.16. The molecule has 0 aliphatic heterocycles. The Morgan fingerprint density at radius 3 is 2.65 bits per heavy atom. The van der Waals surface area contributed by atoms with E-state index in [1.54, 1.807) is 0 Å². The van der Waals surface area contributed by atoms with Gasteiger partial charge in [-0.2, -0.15) is 0 Å². The number of imidazole rings is 1. The van der Waals surface area contributed by atoms with Crippen LogP contribution in [0.25, 0.3) is 11.0 Å². The summed E-state index contributed by atoms with van der Waals surface area (Å²) in [7, 11) is 2.03. The Morgan fingerprint density at radius 2 is 1.82 bits per heavy atom. The molecule has 3 aromatic rings. The summed E-state index contributed by atoms with van der Waals surface area (Å²) in [4.78, 5) is 4.33. The number of aromatic nitrogens is 2. The minimum Gasteiger partial charge on any atom is -0.334 e. The monoisotopic (exact) mass is 222 g/mol. The van der Waals surface area contributed by atoms with E-state index in [2.05, 4.69) is 52.0 Å². The van der Waals surface area contributed by atoms with Crippen LogP contribution in [0.4, 0.5) is 0 Å². The molecule has 0 N–H and O–H groups in total. The molecular formula is C15H14N2. The summed E-state index contributed by atoms with van der Waals surface area (Å²) >= 11 is 0. The topological polar surface area (TPSA) is 17.8 Å². The van der Waals surface area contributed by atoms with Crippen LogP contribution in [0.2, 0.25) is 0 Å². The molecule has 0 aliphatic rings. The van der Waals surface area contributed by atoms with Crippen LogP contribution in [0.5, 0.6) is 0 Å². The summed E-state index contributed by atoms with van der Waals surface area (Å²) < 4.78 is 2.06. The number of rotatable bonds is 2. The first-order valence-corrected chi connectivity index (χ1v) is 5.77. The lowest BCUT2D eigenvalue weighted by molar-refractivity contribution is 0.946. The van der Waals surface area contributed by atoms with E-state index in [-0.39, 0.29) is 0 Å². The zero-order valence-corrected chi connectivity index (χ0v) is 9.80. The molecule has 0 spiro atoms. The van der Waals surface area contributed by atoms with Crippen molar-refractivity contribution in [2.45, 2.75) is 6.42 Å². The van der Waals surface area contributed by atoms with E-state index in [1.165, 1.54) is 16.6 Å². The molecule has 3 rings (SSSR count). The van der Waals surface area contributed by atoms with Crippen LogP contribution in [0.15, 0.2) is 54.9 Å². The zero-order valence-electron chi connectivity index (χ0n) is 9.80. The Bertz CT molecular complexity index is 638. The van der Waals surface area contributed by atoms with Gasteiger partial charge in [0.1, 0.15) is 0 Å². The van der Waals surface area contributed by atoms with Crippen LogP contribution >= 0.6 is 0 Å². The van der Waals surface area contributed by atoms with Gasteiger partial charge in [-0.25, -0.2) is 4.98 Å². The lowest BCUT2D eigenvalue weighted by atomic mass is 10.0. The highest BCUT2D eigenvalue weighted by Gasteiger charge is 2.01. The fourth-order valence-corrected chi connectivity index (χ4v) is 2.11. The molecule has 0 saturated heterocycles. The molecule has 17 heavy (non-hydrogen) atoms. The number of aryl methyl sites for hydroxylation is 1. The third-order valence-electron chi connectivity index (χ3n) is 3.04. The minimum absolute atomic E-state index is 0.974. The van der Waals surface area contributed by atoms with Gasteiger partial charge in [0.15, 0.2) is 0 Å². The van der Waals surface area contributed by atoms with E-state index in [1.807, 2.05) is 19.4 Å². The maximum absolute atomic E-state index is 4.33. The van der Waals surface area contributed by atoms with Gasteiger partial charge in [-0.1, -0.05) is 36.4 Å². The average molecular weight is 222 g/mol. The minimum atomic E-state index is 0.974. The van der Waals surface area contributed by atoms with Gasteiger partial charge in [-0.05, 0) is 29.7 Å². The predicted molar refractivity (Wildman–Crippen MR) is 70.0 cm³/mol. The van der Waals surface area contributed by atoms with E-state index in [0.29, 0.717) is 0 Å². The Balaban J connectivity index is 1.98. The molecule has 0 atom stereocenters. The molecule has 0 unspecified atom stereocenters. The van der Waals surface area contributed by atoms with Crippen molar-refractivity contribution in [1.82, 2.24) is 9.55 Å². The quantitative estimate of drug-likeness (QED) is 0.651. The number of hydrogen-bond donors (Lipinski definition) is 0. The van der Waals surface area contributed by atoms with Crippen molar-refractivity contribution in [2.75, 3.05) is 0 Å². The summed E-state index contributed by atoms with van der Waals surface area (Å²) in [5.74, 6) is 0. The molecule has 0 amide bonds. The maximum Gasteiger partial charge on any atom is 0.0955 e. The summed E-state index contributed by atoms with van der Waals surface area (Å²) in [6.07, 6.45) is 2.83. The zero-order chi connectivity index (χ0) is 11.7. The van der Waals surface area contributed by atoms with Gasteiger partial charge in [0.05, 0.1) is 17.4 Å². The number of fused-ring (bicyclic) bond motifs is 1. The maximum atomic E-state index is 4.33. The Kier molecular flexibility index (Phi) is 2.41. The van der Waals surface area contributed by atoms with Gasteiger partial charge in [0, 0.05) is 7.05 Å². The summed E-state index contributed by atoms with van der Waals surface area (Å²) in [5, 5.41) is 0. The largest absolute Gasteiger partial charge is 0.334 e. The van der Waals surface area contributed by atoms with Crippen molar-refractivity contribution in [3.8, 4) is 0 Å². The standard InChI is InChI=1S/C15H14N2/c1-17-11-16-14-8-7-13(10-15(14)17)9-12-5-3-2-4-6-12/h2-8,10-11H,9H2,1H3. The first-order chi connectivity index (χ1) is 8.33. The molecule has 2 heteroatoms. The average Bonchev–Trinajstić information content (AvgIpc) is 2.73. The first-order valence-electron chi connectivity index (χ1n) is 5.77. The van der Waals surface area contributed by atoms with Crippen LogP contribution in [-0.4, -0.2) is 9.55 Å². The second kappa shape index (κ2) is 4.06. The molecule has 84 valence electrons.